The van der Waals surface area contributed by atoms with Crippen LogP contribution in [0.3, 0.4) is 0 Å². The molecule has 0 saturated heterocycles. The van der Waals surface area contributed by atoms with Gasteiger partial charge < -0.3 is 10.6 Å². The van der Waals surface area contributed by atoms with Crippen molar-refractivity contribution in [3.8, 4) is 6.07 Å². The number of aliphatic imine (C=N–C) groups is 1. The minimum atomic E-state index is 0. The van der Waals surface area contributed by atoms with Gasteiger partial charge in [-0.3, -0.25) is 0 Å². The Morgan fingerprint density at radius 1 is 1.22 bits per heavy atom. The van der Waals surface area contributed by atoms with Crippen molar-refractivity contribution in [3.05, 3.63) is 35.4 Å². The second-order valence-electron chi connectivity index (χ2n) is 6.11. The molecule has 1 aliphatic carbocycles. The van der Waals surface area contributed by atoms with Crippen LogP contribution in [0.4, 0.5) is 0 Å². The summed E-state index contributed by atoms with van der Waals surface area (Å²) in [5, 5.41) is 15.7. The average molecular weight is 426 g/mol. The van der Waals surface area contributed by atoms with Crippen molar-refractivity contribution in [2.24, 2.45) is 10.9 Å². The fraction of sp³-hybridized carbons (Fsp3) is 0.556. The molecule has 0 radical (unpaired) electrons. The van der Waals surface area contributed by atoms with Gasteiger partial charge in [0.15, 0.2) is 5.96 Å². The van der Waals surface area contributed by atoms with Crippen LogP contribution in [0.5, 0.6) is 0 Å². The van der Waals surface area contributed by atoms with Gasteiger partial charge in [-0.15, -0.1) is 24.0 Å². The Balaban J connectivity index is 0.00000264. The summed E-state index contributed by atoms with van der Waals surface area (Å²) in [6.07, 6.45) is 5.05. The third kappa shape index (κ3) is 6.78. The van der Waals surface area contributed by atoms with Crippen LogP contribution in [0.25, 0.3) is 0 Å². The highest BCUT2D eigenvalue weighted by Crippen LogP contribution is 2.23. The van der Waals surface area contributed by atoms with E-state index in [0.717, 1.165) is 24.0 Å². The van der Waals surface area contributed by atoms with Crippen molar-refractivity contribution in [3.63, 3.8) is 0 Å². The molecule has 0 amide bonds. The Hall–Kier alpha value is -1.29. The summed E-state index contributed by atoms with van der Waals surface area (Å²) in [6, 6.07) is 10.3. The lowest BCUT2D eigenvalue weighted by atomic mass is 9.87. The average Bonchev–Trinajstić information content (AvgIpc) is 2.55. The third-order valence-corrected chi connectivity index (χ3v) is 4.20. The first-order valence-electron chi connectivity index (χ1n) is 8.25. The lowest BCUT2D eigenvalue weighted by molar-refractivity contribution is 0.329. The van der Waals surface area contributed by atoms with E-state index in [-0.39, 0.29) is 24.0 Å². The topological polar surface area (TPSA) is 60.2 Å². The maximum atomic E-state index is 8.82. The normalized spacial score (nSPS) is 21.0. The summed E-state index contributed by atoms with van der Waals surface area (Å²) in [4.78, 5) is 4.66. The molecule has 1 aromatic carbocycles. The van der Waals surface area contributed by atoms with E-state index in [9.17, 15) is 0 Å². The molecule has 0 heterocycles. The number of benzene rings is 1. The van der Waals surface area contributed by atoms with Gasteiger partial charge in [0.2, 0.25) is 0 Å². The number of nitrogens with one attached hydrogen (secondary N) is 2. The number of guanidine groups is 1. The summed E-state index contributed by atoms with van der Waals surface area (Å²) < 4.78 is 0. The fourth-order valence-electron chi connectivity index (χ4n) is 2.77. The molecule has 0 unspecified atom stereocenters. The van der Waals surface area contributed by atoms with E-state index in [1.807, 2.05) is 24.3 Å². The number of nitrogens with zero attached hydrogens (tertiary/aromatic N) is 2. The first-order valence-corrected chi connectivity index (χ1v) is 8.25. The molecule has 5 heteroatoms. The highest BCUT2D eigenvalue weighted by Gasteiger charge is 2.18. The molecule has 1 aliphatic rings. The molecular formula is C18H27IN4. The SMILES string of the molecule is CCNC(=NCc1ccc(C#N)cc1)NC1CCC(C)CC1.I. The van der Waals surface area contributed by atoms with E-state index in [0.29, 0.717) is 18.2 Å². The van der Waals surface area contributed by atoms with E-state index in [2.05, 4.69) is 35.5 Å². The van der Waals surface area contributed by atoms with E-state index in [4.69, 9.17) is 5.26 Å². The monoisotopic (exact) mass is 426 g/mol. The van der Waals surface area contributed by atoms with Crippen molar-refractivity contribution in [1.82, 2.24) is 10.6 Å². The number of rotatable bonds is 4. The molecule has 23 heavy (non-hydrogen) atoms. The molecule has 126 valence electrons. The van der Waals surface area contributed by atoms with Crippen molar-refractivity contribution in [2.75, 3.05) is 6.54 Å². The van der Waals surface area contributed by atoms with Crippen molar-refractivity contribution in [2.45, 2.75) is 52.1 Å². The Morgan fingerprint density at radius 3 is 2.43 bits per heavy atom. The Bertz CT molecular complexity index is 525. The van der Waals surface area contributed by atoms with Crippen LogP contribution >= 0.6 is 24.0 Å². The van der Waals surface area contributed by atoms with Crippen LogP contribution in [0, 0.1) is 17.2 Å². The first kappa shape index (κ1) is 19.8. The molecule has 1 saturated carbocycles. The quantitative estimate of drug-likeness (QED) is 0.437. The summed E-state index contributed by atoms with van der Waals surface area (Å²) in [5.41, 5.74) is 1.81. The second-order valence-corrected chi connectivity index (χ2v) is 6.11. The summed E-state index contributed by atoms with van der Waals surface area (Å²) in [5.74, 6) is 1.75. The molecule has 0 atom stereocenters. The first-order chi connectivity index (χ1) is 10.7. The lowest BCUT2D eigenvalue weighted by Gasteiger charge is -2.28. The number of hydrogen-bond donors (Lipinski definition) is 2. The summed E-state index contributed by atoms with van der Waals surface area (Å²) in [6.45, 7) is 5.91. The van der Waals surface area contributed by atoms with E-state index >= 15 is 0 Å². The molecule has 0 bridgehead atoms. The molecule has 0 spiro atoms. The van der Waals surface area contributed by atoms with Crippen LogP contribution in [0.1, 0.15) is 50.7 Å². The van der Waals surface area contributed by atoms with Gasteiger partial charge in [0.1, 0.15) is 0 Å². The van der Waals surface area contributed by atoms with Gasteiger partial charge >= 0.3 is 0 Å². The highest BCUT2D eigenvalue weighted by atomic mass is 127. The zero-order valence-electron chi connectivity index (χ0n) is 14.0. The predicted octanol–water partition coefficient (Wildman–Crippen LogP) is 3.81. The Kier molecular flexibility index (Phi) is 9.00. The summed E-state index contributed by atoms with van der Waals surface area (Å²) >= 11 is 0. The van der Waals surface area contributed by atoms with Gasteiger partial charge in [-0.1, -0.05) is 19.1 Å². The largest absolute Gasteiger partial charge is 0.357 e. The maximum absolute atomic E-state index is 8.82. The molecule has 2 rings (SSSR count). The van der Waals surface area contributed by atoms with Gasteiger partial charge in [-0.25, -0.2) is 4.99 Å². The van der Waals surface area contributed by atoms with Crippen LogP contribution < -0.4 is 10.6 Å². The smallest absolute Gasteiger partial charge is 0.191 e. The van der Waals surface area contributed by atoms with Crippen LogP contribution in [-0.2, 0) is 6.54 Å². The predicted molar refractivity (Wildman–Crippen MR) is 106 cm³/mol. The number of halogens is 1. The zero-order valence-corrected chi connectivity index (χ0v) is 16.3. The lowest BCUT2D eigenvalue weighted by Crippen LogP contribution is -2.44. The van der Waals surface area contributed by atoms with Gasteiger partial charge in [0.25, 0.3) is 0 Å². The van der Waals surface area contributed by atoms with Gasteiger partial charge in [0, 0.05) is 12.6 Å². The fourth-order valence-corrected chi connectivity index (χ4v) is 2.77. The minimum absolute atomic E-state index is 0. The zero-order chi connectivity index (χ0) is 15.8. The van der Waals surface area contributed by atoms with Crippen LogP contribution in [-0.4, -0.2) is 18.5 Å². The van der Waals surface area contributed by atoms with Gasteiger partial charge in [-0.2, -0.15) is 5.26 Å². The van der Waals surface area contributed by atoms with Crippen LogP contribution in [0.15, 0.2) is 29.3 Å². The van der Waals surface area contributed by atoms with Crippen molar-refractivity contribution >= 4 is 29.9 Å². The standard InChI is InChI=1S/C18H26N4.HI/c1-3-20-18(22-17-10-4-14(2)5-11-17)21-13-16-8-6-15(12-19)7-9-16;/h6-9,14,17H,3-5,10-11,13H2,1-2H3,(H2,20,21,22);1H. The molecule has 1 fully saturated rings. The summed E-state index contributed by atoms with van der Waals surface area (Å²) in [7, 11) is 0. The Morgan fingerprint density at radius 2 is 1.87 bits per heavy atom. The minimum Gasteiger partial charge on any atom is -0.357 e. The molecule has 2 N–H and O–H groups in total. The van der Waals surface area contributed by atoms with E-state index in [1.165, 1.54) is 25.7 Å². The molecule has 0 aromatic heterocycles. The van der Waals surface area contributed by atoms with Crippen molar-refractivity contribution in [1.29, 1.82) is 5.26 Å². The second kappa shape index (κ2) is 10.5. The number of hydrogen-bond acceptors (Lipinski definition) is 2. The third-order valence-electron chi connectivity index (χ3n) is 4.20. The maximum Gasteiger partial charge on any atom is 0.191 e. The highest BCUT2D eigenvalue weighted by molar-refractivity contribution is 14.0. The number of nitriles is 1. The molecule has 4 nitrogen and oxygen atoms in total. The van der Waals surface area contributed by atoms with Crippen molar-refractivity contribution < 1.29 is 0 Å². The van der Waals surface area contributed by atoms with Crippen LogP contribution in [0.2, 0.25) is 0 Å². The molecule has 1 aromatic rings. The van der Waals surface area contributed by atoms with E-state index < -0.39 is 0 Å². The molecule has 0 aliphatic heterocycles. The van der Waals surface area contributed by atoms with Gasteiger partial charge in [0.05, 0.1) is 18.2 Å². The molecular weight excluding hydrogens is 399 g/mol. The Labute approximate surface area is 156 Å². The van der Waals surface area contributed by atoms with E-state index in [1.54, 1.807) is 0 Å². The van der Waals surface area contributed by atoms with Gasteiger partial charge in [-0.05, 0) is 56.2 Å².